The second-order valence-electron chi connectivity index (χ2n) is 8.78. The van der Waals surface area contributed by atoms with Gasteiger partial charge in [-0.25, -0.2) is 9.97 Å². The molecular formula is C30H28ClN5O. The summed E-state index contributed by atoms with van der Waals surface area (Å²) in [4.78, 5) is 14.0. The fourth-order valence-electron chi connectivity index (χ4n) is 4.10. The Morgan fingerprint density at radius 1 is 0.784 bits per heavy atom. The molecule has 0 aliphatic rings. The first-order valence-electron chi connectivity index (χ1n) is 12.2. The lowest BCUT2D eigenvalue weighted by Crippen LogP contribution is -2.11. The average Bonchev–Trinajstić information content (AvgIpc) is 2.93. The molecule has 0 fully saturated rings. The lowest BCUT2D eigenvalue weighted by molar-refractivity contribution is 0.415. The van der Waals surface area contributed by atoms with Gasteiger partial charge in [-0.1, -0.05) is 41.4 Å². The molecule has 0 aliphatic carbocycles. The number of nitrogens with zero attached hydrogens (tertiary/aromatic N) is 3. The number of fused-ring (bicyclic) bond motifs is 1. The minimum absolute atomic E-state index is 0.605. The van der Waals surface area contributed by atoms with Gasteiger partial charge in [0.25, 0.3) is 0 Å². The fourth-order valence-corrected chi connectivity index (χ4v) is 4.26. The fraction of sp³-hybridized carbons (Fsp3) is 0.167. The number of anilines is 2. The van der Waals surface area contributed by atoms with Gasteiger partial charge in [0.05, 0.1) is 24.0 Å². The maximum absolute atomic E-state index is 6.11. The predicted octanol–water partition coefficient (Wildman–Crippen LogP) is 7.24. The second kappa shape index (κ2) is 11.3. The molecule has 0 amide bonds. The maximum atomic E-state index is 6.11. The van der Waals surface area contributed by atoms with E-state index in [1.54, 1.807) is 13.3 Å². The Hall–Kier alpha value is -4.16. The average molecular weight is 510 g/mol. The molecule has 0 saturated carbocycles. The molecule has 0 unspecified atom stereocenters. The molecular weight excluding hydrogens is 482 g/mol. The number of aromatic nitrogens is 3. The van der Waals surface area contributed by atoms with E-state index in [9.17, 15) is 0 Å². The summed E-state index contributed by atoms with van der Waals surface area (Å²) >= 11 is 6.11. The summed E-state index contributed by atoms with van der Waals surface area (Å²) in [5.74, 6) is 1.42. The lowest BCUT2D eigenvalue weighted by Gasteiger charge is -2.12. The molecule has 0 spiro atoms. The molecule has 37 heavy (non-hydrogen) atoms. The third-order valence-electron chi connectivity index (χ3n) is 6.12. The van der Waals surface area contributed by atoms with Crippen molar-refractivity contribution >= 4 is 34.1 Å². The van der Waals surface area contributed by atoms with E-state index in [4.69, 9.17) is 26.3 Å². The van der Waals surface area contributed by atoms with E-state index in [1.165, 1.54) is 5.56 Å². The number of pyridine rings is 1. The Balaban J connectivity index is 1.30. The van der Waals surface area contributed by atoms with Crippen LogP contribution in [-0.2, 0) is 0 Å². The molecule has 6 nitrogen and oxygen atoms in total. The molecule has 0 radical (unpaired) electrons. The number of hydrogen-bond donors (Lipinski definition) is 2. The number of aryl methyl sites for hydroxylation is 1. The van der Waals surface area contributed by atoms with Gasteiger partial charge in [0.1, 0.15) is 5.75 Å². The number of rotatable bonds is 9. The molecule has 2 heterocycles. The number of methoxy groups -OCH3 is 1. The molecule has 0 bridgehead atoms. The quantitative estimate of drug-likeness (QED) is 0.204. The van der Waals surface area contributed by atoms with Gasteiger partial charge in [-0.2, -0.15) is 0 Å². The van der Waals surface area contributed by atoms with E-state index in [2.05, 4.69) is 46.8 Å². The summed E-state index contributed by atoms with van der Waals surface area (Å²) in [5.41, 5.74) is 6.93. The first-order chi connectivity index (χ1) is 18.1. The van der Waals surface area contributed by atoms with E-state index in [-0.39, 0.29) is 0 Å². The summed E-state index contributed by atoms with van der Waals surface area (Å²) in [6.07, 6.45) is 2.68. The molecule has 2 aromatic heterocycles. The third-order valence-corrected chi connectivity index (χ3v) is 6.35. The van der Waals surface area contributed by atoms with Crippen molar-refractivity contribution in [2.75, 3.05) is 30.8 Å². The van der Waals surface area contributed by atoms with Gasteiger partial charge in [-0.05, 0) is 67.9 Å². The number of nitrogens with one attached hydrogen (secondary N) is 2. The molecule has 7 heteroatoms. The molecule has 3 aromatic carbocycles. The van der Waals surface area contributed by atoms with Crippen molar-refractivity contribution in [3.05, 3.63) is 95.6 Å². The van der Waals surface area contributed by atoms with Crippen LogP contribution in [-0.4, -0.2) is 35.2 Å². The van der Waals surface area contributed by atoms with Crippen molar-refractivity contribution in [1.29, 1.82) is 0 Å². The zero-order chi connectivity index (χ0) is 25.6. The topological polar surface area (TPSA) is 72.0 Å². The number of benzene rings is 3. The maximum Gasteiger partial charge on any atom is 0.223 e. The van der Waals surface area contributed by atoms with E-state index >= 15 is 0 Å². The van der Waals surface area contributed by atoms with Gasteiger partial charge >= 0.3 is 0 Å². The molecule has 186 valence electrons. The Morgan fingerprint density at radius 3 is 2.16 bits per heavy atom. The summed E-state index contributed by atoms with van der Waals surface area (Å²) in [6, 6.07) is 26.1. The van der Waals surface area contributed by atoms with Gasteiger partial charge in [0, 0.05) is 46.5 Å². The van der Waals surface area contributed by atoms with Gasteiger partial charge in [0.2, 0.25) is 5.95 Å². The zero-order valence-electron chi connectivity index (χ0n) is 20.8. The zero-order valence-corrected chi connectivity index (χ0v) is 21.6. The predicted molar refractivity (Wildman–Crippen MR) is 153 cm³/mol. The standard InChI is InChI=1S/C30H28ClN5O/c1-20-4-6-21(7-5-20)27-19-28(22-8-11-24(37-2)12-9-22)36-30(35-27)34-16-3-15-32-26-14-17-33-29-18-23(31)10-13-25(26)29/h4-14,17-19H,3,15-16H2,1-2H3,(H,32,33)(H,34,35,36). The van der Waals surface area contributed by atoms with Crippen molar-refractivity contribution in [3.8, 4) is 28.3 Å². The highest BCUT2D eigenvalue weighted by Gasteiger charge is 2.09. The van der Waals surface area contributed by atoms with Crippen LogP contribution in [0.25, 0.3) is 33.4 Å². The smallest absolute Gasteiger partial charge is 0.223 e. The van der Waals surface area contributed by atoms with Gasteiger partial charge in [-0.15, -0.1) is 0 Å². The van der Waals surface area contributed by atoms with E-state index in [0.717, 1.165) is 64.4 Å². The largest absolute Gasteiger partial charge is 0.497 e. The van der Waals surface area contributed by atoms with Gasteiger partial charge < -0.3 is 15.4 Å². The Kier molecular flexibility index (Phi) is 7.47. The first-order valence-corrected chi connectivity index (χ1v) is 12.6. The monoisotopic (exact) mass is 509 g/mol. The van der Waals surface area contributed by atoms with Crippen molar-refractivity contribution in [3.63, 3.8) is 0 Å². The van der Waals surface area contributed by atoms with Gasteiger partial charge in [-0.3, -0.25) is 4.98 Å². The van der Waals surface area contributed by atoms with E-state index < -0.39 is 0 Å². The van der Waals surface area contributed by atoms with Crippen LogP contribution in [0.15, 0.2) is 85.1 Å². The van der Waals surface area contributed by atoms with Crippen LogP contribution in [0, 0.1) is 6.92 Å². The van der Waals surface area contributed by atoms with Crippen LogP contribution in [0.5, 0.6) is 5.75 Å². The SMILES string of the molecule is COc1ccc(-c2cc(-c3ccc(C)cc3)nc(NCCCNc3ccnc4cc(Cl)ccc34)n2)cc1. The van der Waals surface area contributed by atoms with Crippen molar-refractivity contribution < 1.29 is 4.74 Å². The highest BCUT2D eigenvalue weighted by Crippen LogP contribution is 2.27. The summed E-state index contributed by atoms with van der Waals surface area (Å²) in [7, 11) is 1.67. The molecule has 2 N–H and O–H groups in total. The summed E-state index contributed by atoms with van der Waals surface area (Å²) < 4.78 is 5.31. The van der Waals surface area contributed by atoms with Crippen LogP contribution in [0.4, 0.5) is 11.6 Å². The first kappa shape index (κ1) is 24.5. The third kappa shape index (κ3) is 5.98. The molecule has 5 rings (SSSR count). The van der Waals surface area contributed by atoms with E-state index in [0.29, 0.717) is 11.0 Å². The summed E-state index contributed by atoms with van der Waals surface area (Å²) in [5, 5.41) is 8.66. The highest BCUT2D eigenvalue weighted by atomic mass is 35.5. The number of hydrogen-bond acceptors (Lipinski definition) is 6. The molecule has 5 aromatic rings. The number of halogens is 1. The van der Waals surface area contributed by atoms with Crippen LogP contribution in [0.3, 0.4) is 0 Å². The van der Waals surface area contributed by atoms with Crippen LogP contribution >= 0.6 is 11.6 Å². The Labute approximate surface area is 221 Å². The normalized spacial score (nSPS) is 10.9. The van der Waals surface area contributed by atoms with Crippen LogP contribution in [0.1, 0.15) is 12.0 Å². The van der Waals surface area contributed by atoms with Crippen LogP contribution in [0.2, 0.25) is 5.02 Å². The van der Waals surface area contributed by atoms with Gasteiger partial charge in [0.15, 0.2) is 0 Å². The van der Waals surface area contributed by atoms with Crippen molar-refractivity contribution in [2.45, 2.75) is 13.3 Å². The van der Waals surface area contributed by atoms with Crippen molar-refractivity contribution in [1.82, 2.24) is 15.0 Å². The minimum Gasteiger partial charge on any atom is -0.497 e. The van der Waals surface area contributed by atoms with Crippen LogP contribution < -0.4 is 15.4 Å². The second-order valence-corrected chi connectivity index (χ2v) is 9.22. The Bertz CT molecular complexity index is 1500. The highest BCUT2D eigenvalue weighted by molar-refractivity contribution is 6.31. The molecule has 0 saturated heterocycles. The lowest BCUT2D eigenvalue weighted by atomic mass is 10.1. The molecule has 0 atom stereocenters. The minimum atomic E-state index is 0.605. The van der Waals surface area contributed by atoms with Crippen molar-refractivity contribution in [2.24, 2.45) is 0 Å². The Morgan fingerprint density at radius 2 is 1.46 bits per heavy atom. The van der Waals surface area contributed by atoms with E-state index in [1.807, 2.05) is 54.6 Å². The summed E-state index contributed by atoms with van der Waals surface area (Å²) in [6.45, 7) is 3.59. The molecule has 0 aliphatic heterocycles. The number of ether oxygens (including phenoxy) is 1.